The van der Waals surface area contributed by atoms with Gasteiger partial charge in [0.25, 0.3) is 0 Å². The van der Waals surface area contributed by atoms with Gasteiger partial charge in [0.05, 0.1) is 6.10 Å². The van der Waals surface area contributed by atoms with Gasteiger partial charge in [-0.25, -0.2) is 0 Å². The molecule has 1 saturated carbocycles. The van der Waals surface area contributed by atoms with E-state index in [-0.39, 0.29) is 0 Å². The molecule has 19 heavy (non-hydrogen) atoms. The van der Waals surface area contributed by atoms with Crippen molar-refractivity contribution < 1.29 is 4.74 Å². The summed E-state index contributed by atoms with van der Waals surface area (Å²) in [7, 11) is 4.20. The molecule has 1 aliphatic carbocycles. The van der Waals surface area contributed by atoms with E-state index in [0.29, 0.717) is 12.1 Å². The number of hydrogen-bond donors (Lipinski definition) is 1. The molecule has 0 aromatic heterocycles. The van der Waals surface area contributed by atoms with Gasteiger partial charge >= 0.3 is 0 Å². The van der Waals surface area contributed by atoms with Crippen LogP contribution in [0.25, 0.3) is 0 Å². The molecule has 0 radical (unpaired) electrons. The van der Waals surface area contributed by atoms with Crippen molar-refractivity contribution in [3.63, 3.8) is 0 Å². The second-order valence-corrected chi connectivity index (χ2v) is 6.96. The third kappa shape index (κ3) is 2.98. The van der Waals surface area contributed by atoms with Crippen molar-refractivity contribution in [1.29, 1.82) is 0 Å². The third-order valence-electron chi connectivity index (χ3n) is 5.87. The number of nitrogens with zero attached hydrogens (tertiary/aromatic N) is 1. The normalized spacial score (nSPS) is 43.6. The van der Waals surface area contributed by atoms with E-state index in [1.54, 1.807) is 0 Å². The van der Waals surface area contributed by atoms with Crippen LogP contribution in [-0.2, 0) is 4.74 Å². The van der Waals surface area contributed by atoms with Gasteiger partial charge < -0.3 is 15.0 Å². The number of hydrogen-bond acceptors (Lipinski definition) is 3. The minimum atomic E-state index is 0.455. The average molecular weight is 266 g/mol. The molecule has 0 aromatic rings. The van der Waals surface area contributed by atoms with Gasteiger partial charge in [0.15, 0.2) is 0 Å². The minimum absolute atomic E-state index is 0.455. The Kier molecular flexibility index (Phi) is 4.45. The van der Waals surface area contributed by atoms with Crippen LogP contribution in [0.3, 0.4) is 0 Å². The van der Waals surface area contributed by atoms with E-state index in [2.05, 4.69) is 17.3 Å². The van der Waals surface area contributed by atoms with Crippen molar-refractivity contribution >= 4 is 0 Å². The summed E-state index contributed by atoms with van der Waals surface area (Å²) in [5.41, 5.74) is 0. The van der Waals surface area contributed by atoms with Crippen LogP contribution in [0, 0.1) is 5.92 Å². The molecular weight excluding hydrogens is 236 g/mol. The fourth-order valence-corrected chi connectivity index (χ4v) is 4.62. The van der Waals surface area contributed by atoms with Crippen LogP contribution in [0.5, 0.6) is 0 Å². The van der Waals surface area contributed by atoms with E-state index in [1.807, 2.05) is 7.11 Å². The summed E-state index contributed by atoms with van der Waals surface area (Å²) in [6.07, 6.45) is 11.4. The molecule has 4 atom stereocenters. The first-order valence-electron chi connectivity index (χ1n) is 8.26. The van der Waals surface area contributed by atoms with Crippen molar-refractivity contribution in [3.05, 3.63) is 0 Å². The molecule has 2 aliphatic heterocycles. The first kappa shape index (κ1) is 13.8. The minimum Gasteiger partial charge on any atom is -0.380 e. The summed E-state index contributed by atoms with van der Waals surface area (Å²) >= 11 is 0. The fraction of sp³-hybridized carbons (Fsp3) is 1.00. The zero-order chi connectivity index (χ0) is 13.2. The molecule has 1 N–H and O–H groups in total. The van der Waals surface area contributed by atoms with Crippen molar-refractivity contribution in [1.82, 2.24) is 10.2 Å². The topological polar surface area (TPSA) is 24.5 Å². The highest BCUT2D eigenvalue weighted by Gasteiger charge is 2.38. The summed E-state index contributed by atoms with van der Waals surface area (Å²) in [5.74, 6) is 0.896. The predicted molar refractivity (Wildman–Crippen MR) is 78.4 cm³/mol. The predicted octanol–water partition coefficient (Wildman–Crippen LogP) is 2.41. The van der Waals surface area contributed by atoms with Crippen LogP contribution < -0.4 is 5.32 Å². The van der Waals surface area contributed by atoms with E-state index in [1.165, 1.54) is 57.9 Å². The average Bonchev–Trinajstić information content (AvgIpc) is 2.67. The standard InChI is InChI=1S/C16H30N2O/c1-18-13-7-8-14(18)10-12(9-13)11-17-15-5-3-4-6-16(15)19-2/h12-17H,3-11H2,1-2H3. The molecular formula is C16H30N2O. The highest BCUT2D eigenvalue weighted by Crippen LogP contribution is 2.37. The van der Waals surface area contributed by atoms with E-state index >= 15 is 0 Å². The number of ether oxygens (including phenoxy) is 1. The van der Waals surface area contributed by atoms with Crippen LogP contribution in [0.4, 0.5) is 0 Å². The Morgan fingerprint density at radius 3 is 2.42 bits per heavy atom. The quantitative estimate of drug-likeness (QED) is 0.845. The Bertz CT molecular complexity index is 282. The van der Waals surface area contributed by atoms with Crippen molar-refractivity contribution in [3.8, 4) is 0 Å². The lowest BCUT2D eigenvalue weighted by atomic mass is 9.89. The van der Waals surface area contributed by atoms with Crippen molar-refractivity contribution in [2.45, 2.75) is 75.6 Å². The molecule has 0 spiro atoms. The molecule has 2 saturated heterocycles. The second kappa shape index (κ2) is 6.11. The fourth-order valence-electron chi connectivity index (χ4n) is 4.62. The maximum absolute atomic E-state index is 5.64. The Morgan fingerprint density at radius 1 is 1.05 bits per heavy atom. The second-order valence-electron chi connectivity index (χ2n) is 6.96. The maximum Gasteiger partial charge on any atom is 0.0724 e. The largest absolute Gasteiger partial charge is 0.380 e. The summed E-state index contributed by atoms with van der Waals surface area (Å²) < 4.78 is 5.64. The van der Waals surface area contributed by atoms with Gasteiger partial charge in [-0.2, -0.15) is 0 Å². The van der Waals surface area contributed by atoms with Crippen molar-refractivity contribution in [2.75, 3.05) is 20.7 Å². The SMILES string of the molecule is COC1CCCCC1NCC1CC2CCC(C1)N2C. The molecule has 0 aromatic carbocycles. The third-order valence-corrected chi connectivity index (χ3v) is 5.87. The number of fused-ring (bicyclic) bond motifs is 2. The summed E-state index contributed by atoms with van der Waals surface area (Å²) in [6.45, 7) is 1.21. The Hall–Kier alpha value is -0.120. The number of piperidine rings is 1. The molecule has 3 aliphatic rings. The van der Waals surface area contributed by atoms with E-state index in [0.717, 1.165) is 18.0 Å². The van der Waals surface area contributed by atoms with Gasteiger partial charge in [-0.3, -0.25) is 0 Å². The van der Waals surface area contributed by atoms with Gasteiger partial charge in [0.2, 0.25) is 0 Å². The van der Waals surface area contributed by atoms with Crippen LogP contribution in [0.2, 0.25) is 0 Å². The zero-order valence-electron chi connectivity index (χ0n) is 12.6. The van der Waals surface area contributed by atoms with Gasteiger partial charge in [0.1, 0.15) is 0 Å². The van der Waals surface area contributed by atoms with Gasteiger partial charge in [0, 0.05) is 25.2 Å². The smallest absolute Gasteiger partial charge is 0.0724 e. The molecule has 2 bridgehead atoms. The lowest BCUT2D eigenvalue weighted by Gasteiger charge is -2.38. The first-order valence-corrected chi connectivity index (χ1v) is 8.26. The number of nitrogens with one attached hydrogen (secondary N) is 1. The Balaban J connectivity index is 1.47. The van der Waals surface area contributed by atoms with Crippen molar-refractivity contribution in [2.24, 2.45) is 5.92 Å². The lowest BCUT2D eigenvalue weighted by Crippen LogP contribution is -2.48. The Morgan fingerprint density at radius 2 is 1.74 bits per heavy atom. The molecule has 4 unspecified atom stereocenters. The van der Waals surface area contributed by atoms with Crippen LogP contribution in [-0.4, -0.2) is 49.8 Å². The van der Waals surface area contributed by atoms with Gasteiger partial charge in [-0.05, 0) is 58.0 Å². The monoisotopic (exact) mass is 266 g/mol. The molecule has 3 rings (SSSR count). The van der Waals surface area contributed by atoms with E-state index in [9.17, 15) is 0 Å². The first-order chi connectivity index (χ1) is 9.28. The lowest BCUT2D eigenvalue weighted by molar-refractivity contribution is 0.0378. The van der Waals surface area contributed by atoms with Gasteiger partial charge in [-0.1, -0.05) is 12.8 Å². The highest BCUT2D eigenvalue weighted by atomic mass is 16.5. The van der Waals surface area contributed by atoms with Crippen LogP contribution in [0.1, 0.15) is 51.4 Å². The molecule has 110 valence electrons. The molecule has 3 fully saturated rings. The summed E-state index contributed by atoms with van der Waals surface area (Å²) in [4.78, 5) is 2.63. The maximum atomic E-state index is 5.64. The zero-order valence-corrected chi connectivity index (χ0v) is 12.6. The summed E-state index contributed by atoms with van der Waals surface area (Å²) in [6, 6.07) is 2.35. The number of methoxy groups -OCH3 is 1. The van der Waals surface area contributed by atoms with E-state index in [4.69, 9.17) is 4.74 Å². The van der Waals surface area contributed by atoms with Crippen LogP contribution >= 0.6 is 0 Å². The molecule has 0 amide bonds. The molecule has 2 heterocycles. The van der Waals surface area contributed by atoms with Gasteiger partial charge in [-0.15, -0.1) is 0 Å². The van der Waals surface area contributed by atoms with E-state index < -0.39 is 0 Å². The Labute approximate surface area is 118 Å². The molecule has 3 nitrogen and oxygen atoms in total. The van der Waals surface area contributed by atoms with Crippen LogP contribution in [0.15, 0.2) is 0 Å². The number of rotatable bonds is 4. The highest BCUT2D eigenvalue weighted by molar-refractivity contribution is 4.94. The summed E-state index contributed by atoms with van der Waals surface area (Å²) in [5, 5.41) is 3.83. The molecule has 3 heteroatoms.